The molecule has 0 aromatic heterocycles. The van der Waals surface area contributed by atoms with Crippen LogP contribution in [0.5, 0.6) is 0 Å². The third-order valence-corrected chi connectivity index (χ3v) is 9.18. The molecule has 0 atom stereocenters. The maximum Gasteiger partial charge on any atom is 0.195 e. The quantitative estimate of drug-likeness (QED) is 0.461. The van der Waals surface area contributed by atoms with E-state index in [0.29, 0.717) is 22.3 Å². The van der Waals surface area contributed by atoms with E-state index in [1.54, 1.807) is 12.1 Å². The summed E-state index contributed by atoms with van der Waals surface area (Å²) in [7, 11) is -1.85. The zero-order valence-electron chi connectivity index (χ0n) is 14.1. The second-order valence-electron chi connectivity index (χ2n) is 7.29. The van der Waals surface area contributed by atoms with Gasteiger partial charge < -0.3 is 0 Å². The van der Waals surface area contributed by atoms with E-state index < -0.39 is 8.07 Å². The van der Waals surface area contributed by atoms with Crippen molar-refractivity contribution < 1.29 is 9.59 Å². The predicted molar refractivity (Wildman–Crippen MR) is 102 cm³/mol. The fourth-order valence-electron chi connectivity index (χ4n) is 4.38. The first-order valence-electron chi connectivity index (χ1n) is 8.47. The van der Waals surface area contributed by atoms with Crippen molar-refractivity contribution >= 4 is 30.0 Å². The fraction of sp³-hybridized carbons (Fsp3) is 0.0909. The molecule has 0 unspecified atom stereocenters. The fourth-order valence-corrected chi connectivity index (χ4v) is 7.45. The van der Waals surface area contributed by atoms with Gasteiger partial charge in [-0.1, -0.05) is 73.8 Å². The number of hydrogen-bond acceptors (Lipinski definition) is 2. The van der Waals surface area contributed by atoms with Gasteiger partial charge in [-0.2, -0.15) is 0 Å². The van der Waals surface area contributed by atoms with Crippen LogP contribution in [0.2, 0.25) is 13.1 Å². The van der Waals surface area contributed by atoms with Crippen molar-refractivity contribution in [3.05, 3.63) is 82.9 Å². The Bertz CT molecular complexity index is 1110. The van der Waals surface area contributed by atoms with Crippen LogP contribution in [0.25, 0.3) is 11.1 Å². The number of fused-ring (bicyclic) bond motifs is 6. The molecule has 1 aliphatic heterocycles. The minimum Gasteiger partial charge on any atom is -0.289 e. The lowest BCUT2D eigenvalue weighted by Crippen LogP contribution is -2.49. The van der Waals surface area contributed by atoms with Crippen LogP contribution >= 0.6 is 0 Å². The number of rotatable bonds is 0. The van der Waals surface area contributed by atoms with Gasteiger partial charge in [0, 0.05) is 22.3 Å². The van der Waals surface area contributed by atoms with E-state index in [1.807, 2.05) is 24.3 Å². The number of carbonyl (C=O) groups is 2. The lowest BCUT2D eigenvalue weighted by atomic mass is 9.80. The molecule has 3 aromatic carbocycles. The van der Waals surface area contributed by atoms with Crippen molar-refractivity contribution in [3.8, 4) is 11.1 Å². The number of carbonyl (C=O) groups excluding carboxylic acids is 2. The molecule has 0 amide bonds. The van der Waals surface area contributed by atoms with Crippen molar-refractivity contribution in [2.24, 2.45) is 0 Å². The van der Waals surface area contributed by atoms with Gasteiger partial charge in [0.1, 0.15) is 8.07 Å². The Morgan fingerprint density at radius 3 is 1.88 bits per heavy atom. The number of benzene rings is 3. The number of hydrogen-bond donors (Lipinski definition) is 0. The summed E-state index contributed by atoms with van der Waals surface area (Å²) in [5.74, 6) is -0.0691. The van der Waals surface area contributed by atoms with E-state index in [0.717, 1.165) is 11.1 Å². The largest absolute Gasteiger partial charge is 0.289 e. The van der Waals surface area contributed by atoms with Crippen molar-refractivity contribution in [1.29, 1.82) is 0 Å². The minimum absolute atomic E-state index is 0.0245. The summed E-state index contributed by atoms with van der Waals surface area (Å²) in [4.78, 5) is 26.3. The van der Waals surface area contributed by atoms with E-state index >= 15 is 0 Å². The molecule has 2 aliphatic rings. The van der Waals surface area contributed by atoms with Crippen LogP contribution in [0, 0.1) is 0 Å². The van der Waals surface area contributed by atoms with E-state index in [4.69, 9.17) is 0 Å². The Kier molecular flexibility index (Phi) is 2.70. The molecule has 5 rings (SSSR count). The van der Waals surface area contributed by atoms with Gasteiger partial charge in [-0.25, -0.2) is 0 Å². The lowest BCUT2D eigenvalue weighted by molar-refractivity contribution is 0.0979. The highest BCUT2D eigenvalue weighted by molar-refractivity contribution is 7.04. The molecule has 3 aromatic rings. The summed E-state index contributed by atoms with van der Waals surface area (Å²) in [6, 6.07) is 19.4. The van der Waals surface area contributed by atoms with Crippen molar-refractivity contribution in [2.75, 3.05) is 0 Å². The third-order valence-electron chi connectivity index (χ3n) is 5.64. The molecule has 0 saturated heterocycles. The van der Waals surface area contributed by atoms with Crippen LogP contribution in [0.1, 0.15) is 31.8 Å². The molecule has 0 radical (unpaired) electrons. The standard InChI is InChI=1S/C22H16O2Si/c1-25(2)17-10-6-5-9-15(17)19-18(25)12-11-16-20(19)22(24)14-8-4-3-7-13(14)21(16)23/h3-12H,1-2H3. The van der Waals surface area contributed by atoms with Crippen LogP contribution in [-0.2, 0) is 0 Å². The molecule has 25 heavy (non-hydrogen) atoms. The molecular formula is C22H16O2Si. The molecule has 0 saturated carbocycles. The maximum absolute atomic E-state index is 13.3. The molecule has 0 fully saturated rings. The zero-order valence-corrected chi connectivity index (χ0v) is 15.1. The molecule has 3 heteroatoms. The van der Waals surface area contributed by atoms with Crippen molar-refractivity contribution in [1.82, 2.24) is 0 Å². The Morgan fingerprint density at radius 2 is 1.16 bits per heavy atom. The molecule has 120 valence electrons. The lowest BCUT2D eigenvalue weighted by Gasteiger charge is -2.22. The summed E-state index contributed by atoms with van der Waals surface area (Å²) in [6.07, 6.45) is 0. The smallest absolute Gasteiger partial charge is 0.195 e. The first-order valence-corrected chi connectivity index (χ1v) is 11.5. The average Bonchev–Trinajstić information content (AvgIpc) is 2.87. The minimum atomic E-state index is -1.85. The Morgan fingerprint density at radius 1 is 0.560 bits per heavy atom. The zero-order chi connectivity index (χ0) is 17.3. The summed E-state index contributed by atoms with van der Waals surface area (Å²) in [5, 5.41) is 2.60. The van der Waals surface area contributed by atoms with Gasteiger partial charge in [0.05, 0.1) is 0 Å². The van der Waals surface area contributed by atoms with E-state index in [2.05, 4.69) is 37.4 Å². The summed E-state index contributed by atoms with van der Waals surface area (Å²) in [6.45, 7) is 4.63. The van der Waals surface area contributed by atoms with Gasteiger partial charge in [-0.15, -0.1) is 0 Å². The predicted octanol–water partition coefficient (Wildman–Crippen LogP) is 3.27. The Labute approximate surface area is 147 Å². The van der Waals surface area contributed by atoms with Crippen LogP contribution in [0.4, 0.5) is 0 Å². The molecule has 0 spiro atoms. The molecule has 0 N–H and O–H groups in total. The Balaban J connectivity index is 1.91. The van der Waals surface area contributed by atoms with Crippen molar-refractivity contribution in [2.45, 2.75) is 13.1 Å². The molecule has 1 aliphatic carbocycles. The number of ketones is 2. The molecular weight excluding hydrogens is 324 g/mol. The van der Waals surface area contributed by atoms with E-state index in [-0.39, 0.29) is 11.6 Å². The third kappa shape index (κ3) is 1.68. The highest BCUT2D eigenvalue weighted by Gasteiger charge is 2.42. The summed E-state index contributed by atoms with van der Waals surface area (Å²) in [5.41, 5.74) is 4.32. The first kappa shape index (κ1) is 14.6. The van der Waals surface area contributed by atoms with Crippen LogP contribution in [0.3, 0.4) is 0 Å². The molecule has 2 nitrogen and oxygen atoms in total. The van der Waals surface area contributed by atoms with Gasteiger partial charge in [0.2, 0.25) is 0 Å². The average molecular weight is 340 g/mol. The van der Waals surface area contributed by atoms with Crippen LogP contribution in [-0.4, -0.2) is 19.6 Å². The van der Waals surface area contributed by atoms with Gasteiger partial charge in [0.25, 0.3) is 0 Å². The van der Waals surface area contributed by atoms with Gasteiger partial charge >= 0.3 is 0 Å². The van der Waals surface area contributed by atoms with Crippen LogP contribution in [0.15, 0.2) is 60.7 Å². The van der Waals surface area contributed by atoms with Crippen molar-refractivity contribution in [3.63, 3.8) is 0 Å². The Hall–Kier alpha value is -2.78. The topological polar surface area (TPSA) is 34.1 Å². The summed E-state index contributed by atoms with van der Waals surface area (Å²) < 4.78 is 0. The molecule has 0 bridgehead atoms. The molecule has 1 heterocycles. The highest BCUT2D eigenvalue weighted by Crippen LogP contribution is 2.37. The van der Waals surface area contributed by atoms with E-state index in [9.17, 15) is 9.59 Å². The summed E-state index contributed by atoms with van der Waals surface area (Å²) >= 11 is 0. The van der Waals surface area contributed by atoms with Gasteiger partial charge in [0.15, 0.2) is 11.6 Å². The van der Waals surface area contributed by atoms with Crippen LogP contribution < -0.4 is 10.4 Å². The van der Waals surface area contributed by atoms with Gasteiger partial charge in [-0.3, -0.25) is 9.59 Å². The maximum atomic E-state index is 13.3. The van der Waals surface area contributed by atoms with E-state index in [1.165, 1.54) is 10.4 Å². The monoisotopic (exact) mass is 340 g/mol. The second-order valence-corrected chi connectivity index (χ2v) is 11.6. The highest BCUT2D eigenvalue weighted by atomic mass is 28.3. The SMILES string of the molecule is C[Si]1(C)c2ccccc2-c2c1ccc1c2C(=O)c2ccccc2C1=O. The first-order chi connectivity index (χ1) is 12.0. The van der Waals surface area contributed by atoms with Gasteiger partial charge in [-0.05, 0) is 21.5 Å². The normalized spacial score (nSPS) is 16.1. The second kappa shape index (κ2) is 4.64.